The smallest absolute Gasteiger partial charge is 0.0585 e. The first-order valence-electron chi connectivity index (χ1n) is 19.3. The van der Waals surface area contributed by atoms with Gasteiger partial charge in [-0.2, -0.15) is 0 Å². The van der Waals surface area contributed by atoms with E-state index < -0.39 is 0 Å². The van der Waals surface area contributed by atoms with Crippen LogP contribution in [0.25, 0.3) is 55.0 Å². The molecule has 53 heavy (non-hydrogen) atoms. The lowest BCUT2D eigenvalue weighted by Crippen LogP contribution is -2.05. The summed E-state index contributed by atoms with van der Waals surface area (Å²) in [6, 6.07) is 54.9. The average Bonchev–Trinajstić information content (AvgIpc) is 3.92. The molecule has 262 valence electrons. The topological polar surface area (TPSA) is 4.93 Å². The molecule has 10 rings (SSSR count). The molecule has 0 aliphatic heterocycles. The standard InChI is InChI=1S/C34H25N.C11H16.C7H8/c1-20(2)21-15-17-22(18-16-21)35-30-14-8-7-13-27(30)32-29-19-28(29)31-25-11-5-3-9-23(25)24-10-4-6-12-26(24)33(31)34(32)35;1-4-9(2)11-8-6-5-7-10(11)3;1-7-5-3-2-4-6-7/h3-18,28-29H,1,19H2,2H3;5-9H,4H2,1-3H3;2-6H,1H3. The summed E-state index contributed by atoms with van der Waals surface area (Å²) < 4.78 is 2.53. The highest BCUT2D eigenvalue weighted by Gasteiger charge is 2.49. The summed E-state index contributed by atoms with van der Waals surface area (Å²) >= 11 is 0. The van der Waals surface area contributed by atoms with E-state index in [0.29, 0.717) is 17.8 Å². The van der Waals surface area contributed by atoms with E-state index in [-0.39, 0.29) is 0 Å². The number of rotatable bonds is 4. The van der Waals surface area contributed by atoms with Crippen molar-refractivity contribution in [3.8, 4) is 16.9 Å². The Hall–Kier alpha value is -5.66. The largest absolute Gasteiger partial charge is 0.309 e. The molecule has 7 aromatic carbocycles. The number of benzene rings is 7. The van der Waals surface area contributed by atoms with Crippen molar-refractivity contribution in [3.05, 3.63) is 192 Å². The van der Waals surface area contributed by atoms with E-state index in [1.807, 2.05) is 18.2 Å². The Morgan fingerprint density at radius 1 is 0.623 bits per heavy atom. The molecule has 0 radical (unpaired) electrons. The first-order valence-corrected chi connectivity index (χ1v) is 19.3. The first-order chi connectivity index (χ1) is 25.9. The summed E-state index contributed by atoms with van der Waals surface area (Å²) in [6.07, 6.45) is 2.47. The Kier molecular flexibility index (Phi) is 9.35. The second-order valence-corrected chi connectivity index (χ2v) is 15.1. The number of hydrogen-bond acceptors (Lipinski definition) is 0. The molecule has 8 aromatic rings. The maximum Gasteiger partial charge on any atom is 0.0585 e. The number of para-hydroxylation sites is 1. The fraction of sp³-hybridized carbons (Fsp3) is 0.192. The van der Waals surface area contributed by atoms with Crippen molar-refractivity contribution in [2.75, 3.05) is 0 Å². The van der Waals surface area contributed by atoms with Crippen molar-refractivity contribution in [1.82, 2.24) is 4.57 Å². The van der Waals surface area contributed by atoms with E-state index in [9.17, 15) is 0 Å². The molecule has 1 nitrogen and oxygen atoms in total. The maximum absolute atomic E-state index is 4.14. The molecule has 0 bridgehead atoms. The molecule has 1 heterocycles. The molecule has 3 unspecified atom stereocenters. The molecule has 1 saturated carbocycles. The second kappa shape index (κ2) is 14.4. The van der Waals surface area contributed by atoms with Crippen molar-refractivity contribution in [2.45, 2.75) is 65.2 Å². The van der Waals surface area contributed by atoms with Crippen LogP contribution >= 0.6 is 0 Å². The van der Waals surface area contributed by atoms with Crippen LogP contribution in [0, 0.1) is 13.8 Å². The Bertz CT molecular complexity index is 2580. The number of nitrogens with zero attached hydrogens (tertiary/aromatic N) is 1. The lowest BCUT2D eigenvalue weighted by molar-refractivity contribution is 0.728. The minimum atomic E-state index is 0.600. The molecule has 0 amide bonds. The van der Waals surface area contributed by atoms with Gasteiger partial charge in [-0.3, -0.25) is 0 Å². The van der Waals surface area contributed by atoms with Crippen molar-refractivity contribution in [2.24, 2.45) is 0 Å². The van der Waals surface area contributed by atoms with Gasteiger partial charge in [0.15, 0.2) is 0 Å². The van der Waals surface area contributed by atoms with Crippen molar-refractivity contribution in [1.29, 1.82) is 0 Å². The zero-order chi connectivity index (χ0) is 36.6. The van der Waals surface area contributed by atoms with E-state index in [2.05, 4.69) is 179 Å². The predicted octanol–water partition coefficient (Wildman–Crippen LogP) is 14.7. The molecule has 0 spiro atoms. The fourth-order valence-corrected chi connectivity index (χ4v) is 8.59. The van der Waals surface area contributed by atoms with Crippen LogP contribution in [0.15, 0.2) is 158 Å². The van der Waals surface area contributed by atoms with Crippen LogP contribution in [-0.2, 0) is 0 Å². The van der Waals surface area contributed by atoms with Gasteiger partial charge in [0.2, 0.25) is 0 Å². The van der Waals surface area contributed by atoms with Crippen LogP contribution in [0.5, 0.6) is 0 Å². The number of hydrogen-bond donors (Lipinski definition) is 0. The molecule has 0 saturated heterocycles. The Morgan fingerprint density at radius 2 is 1.17 bits per heavy atom. The van der Waals surface area contributed by atoms with Gasteiger partial charge in [0.05, 0.1) is 11.2 Å². The van der Waals surface area contributed by atoms with E-state index in [0.717, 1.165) is 5.57 Å². The van der Waals surface area contributed by atoms with Gasteiger partial charge in [0.1, 0.15) is 0 Å². The number of aromatic nitrogens is 1. The predicted molar refractivity (Wildman–Crippen MR) is 230 cm³/mol. The lowest BCUT2D eigenvalue weighted by Gasteiger charge is -2.24. The van der Waals surface area contributed by atoms with Crippen LogP contribution in [0.2, 0.25) is 0 Å². The van der Waals surface area contributed by atoms with Gasteiger partial charge in [-0.05, 0) is 119 Å². The summed E-state index contributed by atoms with van der Waals surface area (Å²) in [7, 11) is 0. The summed E-state index contributed by atoms with van der Waals surface area (Å²) in [6.45, 7) is 15.0. The van der Waals surface area contributed by atoms with E-state index in [1.165, 1.54) is 84.5 Å². The molecule has 3 atom stereocenters. The van der Waals surface area contributed by atoms with Crippen molar-refractivity contribution >= 4 is 38.0 Å². The minimum absolute atomic E-state index is 0.600. The van der Waals surface area contributed by atoms with Gasteiger partial charge < -0.3 is 4.57 Å². The number of aryl methyl sites for hydroxylation is 2. The first kappa shape index (κ1) is 34.4. The molecule has 1 fully saturated rings. The molecular formula is C52H49N. The van der Waals surface area contributed by atoms with Crippen LogP contribution in [0.4, 0.5) is 0 Å². The SMILES string of the molecule is C=C(C)c1ccc(-n2c3c(c4ccccc42)C2CC2c2c-3c3ccccc3c3ccccc23)cc1.CCC(C)c1ccccc1C.Cc1ccccc1. The van der Waals surface area contributed by atoms with E-state index >= 15 is 0 Å². The highest BCUT2D eigenvalue weighted by atomic mass is 15.0. The molecule has 1 aromatic heterocycles. The quantitative estimate of drug-likeness (QED) is 0.162. The lowest BCUT2D eigenvalue weighted by atomic mass is 9.82. The number of fused-ring (bicyclic) bond motifs is 13. The molecular weight excluding hydrogens is 639 g/mol. The Balaban J connectivity index is 0.000000183. The third-order valence-electron chi connectivity index (χ3n) is 11.5. The van der Waals surface area contributed by atoms with Gasteiger partial charge >= 0.3 is 0 Å². The molecule has 2 aliphatic carbocycles. The summed E-state index contributed by atoms with van der Waals surface area (Å²) in [5.74, 6) is 1.91. The molecule has 0 N–H and O–H groups in total. The fourth-order valence-electron chi connectivity index (χ4n) is 8.59. The zero-order valence-electron chi connectivity index (χ0n) is 31.7. The van der Waals surface area contributed by atoms with Crippen molar-refractivity contribution in [3.63, 3.8) is 0 Å². The van der Waals surface area contributed by atoms with Gasteiger partial charge in [-0.15, -0.1) is 0 Å². The maximum atomic E-state index is 4.14. The monoisotopic (exact) mass is 687 g/mol. The van der Waals surface area contributed by atoms with Gasteiger partial charge in [0, 0.05) is 16.6 Å². The van der Waals surface area contributed by atoms with Crippen LogP contribution in [0.3, 0.4) is 0 Å². The second-order valence-electron chi connectivity index (χ2n) is 15.1. The van der Waals surface area contributed by atoms with Crippen LogP contribution in [-0.4, -0.2) is 4.57 Å². The summed E-state index contributed by atoms with van der Waals surface area (Å²) in [5, 5.41) is 6.93. The van der Waals surface area contributed by atoms with Gasteiger partial charge in [-0.25, -0.2) is 0 Å². The highest BCUT2D eigenvalue weighted by Crippen LogP contribution is 2.66. The van der Waals surface area contributed by atoms with E-state index in [4.69, 9.17) is 0 Å². The van der Waals surface area contributed by atoms with E-state index in [1.54, 1.807) is 11.1 Å². The summed E-state index contributed by atoms with van der Waals surface area (Å²) in [5.41, 5.74) is 15.0. The Labute approximate surface area is 315 Å². The number of allylic oxidation sites excluding steroid dienone is 1. The average molecular weight is 688 g/mol. The van der Waals surface area contributed by atoms with Crippen molar-refractivity contribution < 1.29 is 0 Å². The molecule has 1 heteroatoms. The van der Waals surface area contributed by atoms with Gasteiger partial charge in [-0.1, -0.05) is 165 Å². The van der Waals surface area contributed by atoms with Crippen LogP contribution in [0.1, 0.15) is 84.7 Å². The third-order valence-corrected chi connectivity index (χ3v) is 11.5. The zero-order valence-corrected chi connectivity index (χ0v) is 31.7. The van der Waals surface area contributed by atoms with Crippen LogP contribution < -0.4 is 0 Å². The normalized spacial score (nSPS) is 15.6. The van der Waals surface area contributed by atoms with Gasteiger partial charge in [0.25, 0.3) is 0 Å². The minimum Gasteiger partial charge on any atom is -0.309 e. The molecule has 2 aliphatic rings. The Morgan fingerprint density at radius 3 is 1.79 bits per heavy atom. The summed E-state index contributed by atoms with van der Waals surface area (Å²) in [4.78, 5) is 0. The third kappa shape index (κ3) is 6.29. The highest BCUT2D eigenvalue weighted by molar-refractivity contribution is 6.18.